The standard InChI is InChI=1S/C10H20N2O3.ClH/c1-9(2,3)15-8(14)12-10(7-13)4-5-11-6-10;/h11,13H,4-7H2,1-3H3,(H,12,14);1H/t10-;/m0./s1. The van der Waals surface area contributed by atoms with Crippen molar-refractivity contribution >= 4 is 18.5 Å². The molecule has 3 N–H and O–H groups in total. The Kier molecular flexibility index (Phi) is 5.52. The van der Waals surface area contributed by atoms with E-state index in [-0.39, 0.29) is 19.0 Å². The molecule has 1 atom stereocenters. The molecule has 6 heteroatoms. The lowest BCUT2D eigenvalue weighted by atomic mass is 10.0. The molecule has 1 aliphatic rings. The van der Waals surface area contributed by atoms with Crippen molar-refractivity contribution < 1.29 is 14.6 Å². The third-order valence-electron chi connectivity index (χ3n) is 2.31. The van der Waals surface area contributed by atoms with E-state index < -0.39 is 17.2 Å². The average molecular weight is 253 g/mol. The molecule has 1 amide bonds. The number of carbonyl (C=O) groups excluding carboxylic acids is 1. The van der Waals surface area contributed by atoms with Gasteiger partial charge in [-0.1, -0.05) is 0 Å². The van der Waals surface area contributed by atoms with Crippen LogP contribution in [0, 0.1) is 0 Å². The molecule has 0 aromatic carbocycles. The topological polar surface area (TPSA) is 70.6 Å². The summed E-state index contributed by atoms with van der Waals surface area (Å²) < 4.78 is 5.14. The first-order valence-corrected chi connectivity index (χ1v) is 5.20. The van der Waals surface area contributed by atoms with Crippen molar-refractivity contribution in [2.75, 3.05) is 19.7 Å². The number of nitrogens with one attached hydrogen (secondary N) is 2. The summed E-state index contributed by atoms with van der Waals surface area (Å²) in [7, 11) is 0. The summed E-state index contributed by atoms with van der Waals surface area (Å²) in [5.41, 5.74) is -1.06. The summed E-state index contributed by atoms with van der Waals surface area (Å²) in [5.74, 6) is 0. The predicted molar refractivity (Wildman–Crippen MR) is 63.9 cm³/mol. The number of carbonyl (C=O) groups is 1. The van der Waals surface area contributed by atoms with E-state index >= 15 is 0 Å². The van der Waals surface area contributed by atoms with Gasteiger partial charge in [-0.3, -0.25) is 0 Å². The lowest BCUT2D eigenvalue weighted by Crippen LogP contribution is -2.54. The summed E-state index contributed by atoms with van der Waals surface area (Å²) in [6, 6.07) is 0. The molecular formula is C10H21ClN2O3. The second-order valence-corrected chi connectivity index (χ2v) is 4.99. The number of rotatable bonds is 2. The third kappa shape index (κ3) is 4.55. The fourth-order valence-electron chi connectivity index (χ4n) is 1.55. The molecule has 0 radical (unpaired) electrons. The van der Waals surface area contributed by atoms with Gasteiger partial charge in [0.25, 0.3) is 0 Å². The van der Waals surface area contributed by atoms with E-state index in [4.69, 9.17) is 4.74 Å². The fourth-order valence-corrected chi connectivity index (χ4v) is 1.55. The number of aliphatic hydroxyl groups is 1. The van der Waals surface area contributed by atoms with Gasteiger partial charge >= 0.3 is 6.09 Å². The van der Waals surface area contributed by atoms with Crippen molar-refractivity contribution in [3.63, 3.8) is 0 Å². The van der Waals surface area contributed by atoms with E-state index in [1.807, 2.05) is 20.8 Å². The van der Waals surface area contributed by atoms with Crippen LogP contribution < -0.4 is 10.6 Å². The number of amides is 1. The van der Waals surface area contributed by atoms with Gasteiger partial charge in [0.2, 0.25) is 0 Å². The lowest BCUT2D eigenvalue weighted by Gasteiger charge is -2.29. The molecule has 1 saturated heterocycles. The van der Waals surface area contributed by atoms with Crippen LogP contribution in [0.25, 0.3) is 0 Å². The zero-order valence-electron chi connectivity index (χ0n) is 10.0. The molecule has 1 fully saturated rings. The highest BCUT2D eigenvalue weighted by molar-refractivity contribution is 5.85. The Morgan fingerprint density at radius 3 is 2.56 bits per heavy atom. The molecule has 0 bridgehead atoms. The Hall–Kier alpha value is -0.520. The summed E-state index contributed by atoms with van der Waals surface area (Å²) >= 11 is 0. The third-order valence-corrected chi connectivity index (χ3v) is 2.31. The van der Waals surface area contributed by atoms with Crippen LogP contribution in [-0.4, -0.2) is 42.0 Å². The number of ether oxygens (including phenoxy) is 1. The van der Waals surface area contributed by atoms with E-state index in [1.165, 1.54) is 0 Å². The maximum Gasteiger partial charge on any atom is 0.408 e. The Labute approximate surface area is 102 Å². The maximum atomic E-state index is 11.5. The molecule has 0 aromatic rings. The molecule has 0 aromatic heterocycles. The number of halogens is 1. The zero-order chi connectivity index (χ0) is 11.5. The van der Waals surface area contributed by atoms with Crippen LogP contribution >= 0.6 is 12.4 Å². The smallest absolute Gasteiger partial charge is 0.408 e. The summed E-state index contributed by atoms with van der Waals surface area (Å²) in [5, 5.41) is 15.1. The number of aliphatic hydroxyl groups excluding tert-OH is 1. The van der Waals surface area contributed by atoms with E-state index in [2.05, 4.69) is 10.6 Å². The Balaban J connectivity index is 0.00000225. The van der Waals surface area contributed by atoms with Gasteiger partial charge in [0.15, 0.2) is 0 Å². The van der Waals surface area contributed by atoms with Gasteiger partial charge < -0.3 is 20.5 Å². The van der Waals surface area contributed by atoms with Crippen molar-refractivity contribution in [2.45, 2.75) is 38.3 Å². The molecular weight excluding hydrogens is 232 g/mol. The minimum atomic E-state index is -0.553. The van der Waals surface area contributed by atoms with E-state index in [1.54, 1.807) is 0 Å². The van der Waals surface area contributed by atoms with Crippen molar-refractivity contribution in [3.05, 3.63) is 0 Å². The first-order valence-electron chi connectivity index (χ1n) is 5.20. The Bertz CT molecular complexity index is 235. The maximum absolute atomic E-state index is 11.5. The minimum absolute atomic E-state index is 0. The van der Waals surface area contributed by atoms with Crippen molar-refractivity contribution in [1.29, 1.82) is 0 Å². The zero-order valence-corrected chi connectivity index (χ0v) is 10.8. The molecule has 0 aliphatic carbocycles. The minimum Gasteiger partial charge on any atom is -0.444 e. The molecule has 0 saturated carbocycles. The average Bonchev–Trinajstić information content (AvgIpc) is 2.50. The van der Waals surface area contributed by atoms with E-state index in [9.17, 15) is 9.90 Å². The largest absolute Gasteiger partial charge is 0.444 e. The number of alkyl carbamates (subject to hydrolysis) is 1. The van der Waals surface area contributed by atoms with Gasteiger partial charge in [-0.05, 0) is 33.7 Å². The van der Waals surface area contributed by atoms with Gasteiger partial charge in [0.1, 0.15) is 5.60 Å². The van der Waals surface area contributed by atoms with E-state index in [0.717, 1.165) is 13.0 Å². The van der Waals surface area contributed by atoms with Crippen molar-refractivity contribution in [1.82, 2.24) is 10.6 Å². The summed E-state index contributed by atoms with van der Waals surface area (Å²) in [4.78, 5) is 11.5. The molecule has 16 heavy (non-hydrogen) atoms. The Morgan fingerprint density at radius 1 is 1.56 bits per heavy atom. The predicted octanol–water partition coefficient (Wildman–Crippen LogP) is 0.657. The van der Waals surface area contributed by atoms with Gasteiger partial charge in [0.05, 0.1) is 12.1 Å². The van der Waals surface area contributed by atoms with Crippen LogP contribution in [0.15, 0.2) is 0 Å². The van der Waals surface area contributed by atoms with Crippen molar-refractivity contribution in [3.8, 4) is 0 Å². The normalized spacial score (nSPS) is 24.8. The van der Waals surface area contributed by atoms with E-state index in [0.29, 0.717) is 6.54 Å². The van der Waals surface area contributed by atoms with Gasteiger partial charge in [-0.25, -0.2) is 4.79 Å². The van der Waals surface area contributed by atoms with Gasteiger partial charge in [-0.15, -0.1) is 12.4 Å². The van der Waals surface area contributed by atoms with Gasteiger partial charge in [-0.2, -0.15) is 0 Å². The van der Waals surface area contributed by atoms with Crippen LogP contribution in [0.4, 0.5) is 4.79 Å². The Morgan fingerprint density at radius 2 is 2.19 bits per heavy atom. The van der Waals surface area contributed by atoms with Crippen LogP contribution in [0.1, 0.15) is 27.2 Å². The first-order chi connectivity index (χ1) is 6.87. The molecule has 0 spiro atoms. The SMILES string of the molecule is CC(C)(C)OC(=O)N[C@@]1(CO)CCNC1.Cl. The molecule has 1 heterocycles. The molecule has 0 unspecified atom stereocenters. The van der Waals surface area contributed by atoms with Crippen LogP contribution in [0.5, 0.6) is 0 Å². The lowest BCUT2D eigenvalue weighted by molar-refractivity contribution is 0.0416. The summed E-state index contributed by atoms with van der Waals surface area (Å²) in [6.45, 7) is 6.75. The summed E-state index contributed by atoms with van der Waals surface area (Å²) in [6.07, 6.45) is 0.253. The molecule has 1 rings (SSSR count). The second-order valence-electron chi connectivity index (χ2n) is 4.99. The van der Waals surface area contributed by atoms with Gasteiger partial charge in [0, 0.05) is 6.54 Å². The van der Waals surface area contributed by atoms with Crippen LogP contribution in [-0.2, 0) is 4.74 Å². The molecule has 1 aliphatic heterocycles. The molecule has 96 valence electrons. The highest BCUT2D eigenvalue weighted by Crippen LogP contribution is 2.15. The van der Waals surface area contributed by atoms with Crippen LogP contribution in [0.3, 0.4) is 0 Å². The number of hydrogen-bond acceptors (Lipinski definition) is 4. The van der Waals surface area contributed by atoms with Crippen LogP contribution in [0.2, 0.25) is 0 Å². The highest BCUT2D eigenvalue weighted by atomic mass is 35.5. The number of hydrogen-bond donors (Lipinski definition) is 3. The quantitative estimate of drug-likeness (QED) is 0.675. The molecule has 5 nitrogen and oxygen atoms in total. The monoisotopic (exact) mass is 252 g/mol. The second kappa shape index (κ2) is 5.70. The first kappa shape index (κ1) is 15.5. The van der Waals surface area contributed by atoms with Crippen molar-refractivity contribution in [2.24, 2.45) is 0 Å². The fraction of sp³-hybridized carbons (Fsp3) is 0.900. The highest BCUT2D eigenvalue weighted by Gasteiger charge is 2.35.